The summed E-state index contributed by atoms with van der Waals surface area (Å²) in [7, 11) is 0. The van der Waals surface area contributed by atoms with Crippen molar-refractivity contribution >= 4 is 69.4 Å². The summed E-state index contributed by atoms with van der Waals surface area (Å²) in [5.74, 6) is -0.00244. The minimum Gasteiger partial charge on any atom is -0.490 e. The summed E-state index contributed by atoms with van der Waals surface area (Å²) >= 11 is 13.6. The van der Waals surface area contributed by atoms with Gasteiger partial charge in [-0.25, -0.2) is 4.99 Å². The zero-order valence-electron chi connectivity index (χ0n) is 19.1. The Morgan fingerprint density at radius 1 is 1.08 bits per heavy atom. The zero-order chi connectivity index (χ0) is 25.5. The van der Waals surface area contributed by atoms with Crippen LogP contribution in [0.1, 0.15) is 12.5 Å². The van der Waals surface area contributed by atoms with E-state index in [0.29, 0.717) is 44.4 Å². The summed E-state index contributed by atoms with van der Waals surface area (Å²) in [4.78, 5) is 29.6. The number of aliphatic imine (C=N–C) groups is 1. The Balaban J connectivity index is 1.49. The van der Waals surface area contributed by atoms with Crippen LogP contribution in [0.15, 0.2) is 76.6 Å². The maximum atomic E-state index is 12.5. The van der Waals surface area contributed by atoms with Gasteiger partial charge in [0, 0.05) is 10.7 Å². The predicted octanol–water partition coefficient (Wildman–Crippen LogP) is 6.30. The van der Waals surface area contributed by atoms with E-state index in [1.165, 1.54) is 11.8 Å². The van der Waals surface area contributed by atoms with Crippen molar-refractivity contribution in [3.63, 3.8) is 0 Å². The van der Waals surface area contributed by atoms with E-state index in [1.807, 2.05) is 25.1 Å². The van der Waals surface area contributed by atoms with Gasteiger partial charge in [-0.1, -0.05) is 41.4 Å². The van der Waals surface area contributed by atoms with E-state index in [0.717, 1.165) is 0 Å². The van der Waals surface area contributed by atoms with Gasteiger partial charge in [-0.2, -0.15) is 0 Å². The molecule has 0 spiro atoms. The first kappa shape index (κ1) is 25.6. The van der Waals surface area contributed by atoms with Crippen LogP contribution >= 0.6 is 35.0 Å². The van der Waals surface area contributed by atoms with E-state index in [9.17, 15) is 9.59 Å². The number of amides is 2. The number of hydrogen-bond donors (Lipinski definition) is 2. The predicted molar refractivity (Wildman–Crippen MR) is 145 cm³/mol. The lowest BCUT2D eigenvalue weighted by Crippen LogP contribution is -2.20. The molecule has 7 nitrogen and oxygen atoms in total. The molecule has 1 saturated heterocycles. The molecule has 36 heavy (non-hydrogen) atoms. The van der Waals surface area contributed by atoms with Crippen LogP contribution in [0.25, 0.3) is 6.08 Å². The van der Waals surface area contributed by atoms with Gasteiger partial charge >= 0.3 is 0 Å². The minimum absolute atomic E-state index is 0.248. The molecule has 2 amide bonds. The lowest BCUT2D eigenvalue weighted by Gasteiger charge is -2.14. The van der Waals surface area contributed by atoms with Gasteiger partial charge in [0.05, 0.1) is 22.2 Å². The summed E-state index contributed by atoms with van der Waals surface area (Å²) in [6.07, 6.45) is 1.69. The van der Waals surface area contributed by atoms with E-state index in [-0.39, 0.29) is 29.2 Å². The highest BCUT2D eigenvalue weighted by molar-refractivity contribution is 8.18. The lowest BCUT2D eigenvalue weighted by atomic mass is 10.2. The molecule has 4 rings (SSSR count). The lowest BCUT2D eigenvalue weighted by molar-refractivity contribution is -0.118. The Bertz CT molecular complexity index is 1330. The topological polar surface area (TPSA) is 89.0 Å². The molecule has 0 atom stereocenters. The highest BCUT2D eigenvalue weighted by Gasteiger charge is 2.24. The Morgan fingerprint density at radius 3 is 2.56 bits per heavy atom. The SMILES string of the molecule is CCOc1cc(/C=C2\SC(=Nc3ccc(Cl)cc3)NC2=O)cc(Cl)c1OCC(=O)Nc1ccccc1. The fraction of sp³-hybridized carbons (Fsp3) is 0.115. The molecule has 1 aliphatic heterocycles. The molecular formula is C26H21Cl2N3O4S. The van der Waals surface area contributed by atoms with Crippen molar-refractivity contribution < 1.29 is 19.1 Å². The third-order valence-electron chi connectivity index (χ3n) is 4.74. The molecule has 0 unspecified atom stereocenters. The molecular weight excluding hydrogens is 521 g/mol. The average Bonchev–Trinajstić information content (AvgIpc) is 3.19. The van der Waals surface area contributed by atoms with Crippen molar-refractivity contribution in [3.8, 4) is 11.5 Å². The number of anilines is 1. The first-order valence-electron chi connectivity index (χ1n) is 10.9. The Labute approximate surface area is 222 Å². The summed E-state index contributed by atoms with van der Waals surface area (Å²) in [5.41, 5.74) is 1.97. The molecule has 0 aromatic heterocycles. The largest absolute Gasteiger partial charge is 0.490 e. The summed E-state index contributed by atoms with van der Waals surface area (Å²) in [6.45, 7) is 1.93. The monoisotopic (exact) mass is 541 g/mol. The maximum absolute atomic E-state index is 12.5. The van der Waals surface area contributed by atoms with Crippen LogP contribution in [0, 0.1) is 0 Å². The van der Waals surface area contributed by atoms with Gasteiger partial charge in [0.15, 0.2) is 23.3 Å². The van der Waals surface area contributed by atoms with E-state index >= 15 is 0 Å². The number of halogens is 2. The number of rotatable bonds is 8. The Morgan fingerprint density at radius 2 is 1.83 bits per heavy atom. The van der Waals surface area contributed by atoms with Crippen molar-refractivity contribution in [1.82, 2.24) is 5.32 Å². The second kappa shape index (κ2) is 12.0. The number of amidine groups is 1. The zero-order valence-corrected chi connectivity index (χ0v) is 21.4. The highest BCUT2D eigenvalue weighted by Crippen LogP contribution is 2.38. The first-order chi connectivity index (χ1) is 17.4. The van der Waals surface area contributed by atoms with Gasteiger partial charge in [0.25, 0.3) is 11.8 Å². The van der Waals surface area contributed by atoms with Crippen LogP contribution in [0.5, 0.6) is 11.5 Å². The number of hydrogen-bond acceptors (Lipinski definition) is 6. The molecule has 0 radical (unpaired) electrons. The molecule has 0 bridgehead atoms. The van der Waals surface area contributed by atoms with Crippen LogP contribution in [0.3, 0.4) is 0 Å². The first-order valence-corrected chi connectivity index (χ1v) is 12.5. The van der Waals surface area contributed by atoms with E-state index in [4.69, 9.17) is 32.7 Å². The number of ether oxygens (including phenoxy) is 2. The fourth-order valence-corrected chi connectivity index (χ4v) is 4.44. The van der Waals surface area contributed by atoms with Crippen molar-refractivity contribution in [1.29, 1.82) is 0 Å². The molecule has 0 aliphatic carbocycles. The van der Waals surface area contributed by atoms with Crippen LogP contribution in [0.2, 0.25) is 10.0 Å². The van der Waals surface area contributed by atoms with Crippen LogP contribution in [0.4, 0.5) is 11.4 Å². The Hall–Kier alpha value is -3.46. The normalized spacial score (nSPS) is 15.1. The molecule has 0 saturated carbocycles. The molecule has 3 aromatic rings. The number of carbonyl (C=O) groups excluding carboxylic acids is 2. The van der Waals surface area contributed by atoms with Gasteiger partial charge in [0.2, 0.25) is 0 Å². The van der Waals surface area contributed by atoms with Crippen molar-refractivity contribution in [2.45, 2.75) is 6.92 Å². The summed E-state index contributed by atoms with van der Waals surface area (Å²) in [5, 5.41) is 6.80. The number of para-hydroxylation sites is 1. The number of benzene rings is 3. The van der Waals surface area contributed by atoms with E-state index < -0.39 is 0 Å². The van der Waals surface area contributed by atoms with Gasteiger partial charge < -0.3 is 20.1 Å². The van der Waals surface area contributed by atoms with Crippen molar-refractivity contribution in [3.05, 3.63) is 87.2 Å². The van der Waals surface area contributed by atoms with Crippen LogP contribution < -0.4 is 20.1 Å². The maximum Gasteiger partial charge on any atom is 0.264 e. The van der Waals surface area contributed by atoms with Crippen molar-refractivity contribution in [2.24, 2.45) is 4.99 Å². The van der Waals surface area contributed by atoms with Crippen molar-refractivity contribution in [2.75, 3.05) is 18.5 Å². The summed E-state index contributed by atoms with van der Waals surface area (Å²) < 4.78 is 11.4. The van der Waals surface area contributed by atoms with Gasteiger partial charge in [-0.3, -0.25) is 9.59 Å². The number of thioether (sulfide) groups is 1. The summed E-state index contributed by atoms with van der Waals surface area (Å²) in [6, 6.07) is 19.4. The van der Waals surface area contributed by atoms with Gasteiger partial charge in [-0.15, -0.1) is 0 Å². The second-order valence-corrected chi connectivity index (χ2v) is 9.30. The fourth-order valence-electron chi connectivity index (χ4n) is 3.20. The van der Waals surface area contributed by atoms with E-state index in [1.54, 1.807) is 54.6 Å². The average molecular weight is 542 g/mol. The quantitative estimate of drug-likeness (QED) is 0.326. The van der Waals surface area contributed by atoms with Crippen LogP contribution in [-0.4, -0.2) is 30.2 Å². The Kier molecular flexibility index (Phi) is 8.53. The molecule has 10 heteroatoms. The number of nitrogens with zero attached hydrogens (tertiary/aromatic N) is 1. The van der Waals surface area contributed by atoms with Gasteiger partial charge in [0.1, 0.15) is 0 Å². The molecule has 184 valence electrons. The standard InChI is InChI=1S/C26H21Cl2N3O4S/c1-2-34-21-13-16(12-20(28)24(21)35-15-23(32)29-18-6-4-3-5-7-18)14-22-25(33)31-26(36-22)30-19-10-8-17(27)9-11-19/h3-14H,2,15H2,1H3,(H,29,32)(H,30,31,33)/b22-14-. The number of nitrogens with one attached hydrogen (secondary N) is 2. The van der Waals surface area contributed by atoms with Gasteiger partial charge in [-0.05, 0) is 78.9 Å². The van der Waals surface area contributed by atoms with Crippen LogP contribution in [-0.2, 0) is 9.59 Å². The molecule has 1 fully saturated rings. The third-order valence-corrected chi connectivity index (χ3v) is 6.19. The minimum atomic E-state index is -0.336. The highest BCUT2D eigenvalue weighted by atomic mass is 35.5. The smallest absolute Gasteiger partial charge is 0.264 e. The molecule has 3 aromatic carbocycles. The second-order valence-electron chi connectivity index (χ2n) is 7.42. The number of carbonyl (C=O) groups is 2. The molecule has 1 heterocycles. The van der Waals surface area contributed by atoms with E-state index in [2.05, 4.69) is 15.6 Å². The third kappa shape index (κ3) is 6.81. The molecule has 2 N–H and O–H groups in total. The molecule has 1 aliphatic rings.